The zero-order valence-electron chi connectivity index (χ0n) is 9.31. The van der Waals surface area contributed by atoms with Crippen LogP contribution < -0.4 is 5.32 Å². The van der Waals surface area contributed by atoms with Crippen molar-refractivity contribution in [2.24, 2.45) is 0 Å². The van der Waals surface area contributed by atoms with Gasteiger partial charge in [-0.25, -0.2) is 9.78 Å². The summed E-state index contributed by atoms with van der Waals surface area (Å²) in [6, 6.07) is -0.668. The highest BCUT2D eigenvalue weighted by Gasteiger charge is 2.20. The average molecular weight is 322 g/mol. The second-order valence-electron chi connectivity index (χ2n) is 3.52. The number of nitrogens with one attached hydrogen (secondary N) is 1. The molecule has 2 amide bonds. The molecule has 94 valence electrons. The molecule has 1 aromatic rings. The fourth-order valence-corrected chi connectivity index (χ4v) is 2.21. The molecule has 0 fully saturated rings. The lowest BCUT2D eigenvalue weighted by atomic mass is 10.3. The number of carbonyl (C=O) groups is 2. The molecule has 0 saturated heterocycles. The number of carbonyl (C=O) groups excluding carboxylic acids is 1. The van der Waals surface area contributed by atoms with Gasteiger partial charge in [0.2, 0.25) is 0 Å². The summed E-state index contributed by atoms with van der Waals surface area (Å²) in [5.74, 6) is -1.05. The van der Waals surface area contributed by atoms with E-state index in [-0.39, 0.29) is 12.6 Å². The number of urea groups is 1. The van der Waals surface area contributed by atoms with Gasteiger partial charge in [-0.3, -0.25) is 10.1 Å². The Balaban J connectivity index is 2.68. The fourth-order valence-electron chi connectivity index (χ4n) is 1.11. The second kappa shape index (κ2) is 5.97. The fraction of sp³-hybridized carbons (Fsp3) is 0.444. The highest BCUT2D eigenvalue weighted by atomic mass is 79.9. The van der Waals surface area contributed by atoms with E-state index in [1.165, 1.54) is 16.2 Å². The number of aromatic nitrogens is 1. The SMILES string of the molecule is CC(C)N(CC(=O)O)C(=O)Nc1ncc(Br)s1. The molecule has 0 aliphatic heterocycles. The number of rotatable bonds is 4. The number of anilines is 1. The molecular formula is C9H12BrN3O3S. The predicted molar refractivity (Wildman–Crippen MR) is 68.3 cm³/mol. The van der Waals surface area contributed by atoms with Gasteiger partial charge in [-0.1, -0.05) is 11.3 Å². The summed E-state index contributed by atoms with van der Waals surface area (Å²) in [5, 5.41) is 11.7. The van der Waals surface area contributed by atoms with Gasteiger partial charge in [0.25, 0.3) is 0 Å². The predicted octanol–water partition coefficient (Wildman–Crippen LogP) is 2.23. The van der Waals surface area contributed by atoms with Crippen molar-refractivity contribution in [2.75, 3.05) is 11.9 Å². The summed E-state index contributed by atoms with van der Waals surface area (Å²) in [5.41, 5.74) is 0. The van der Waals surface area contributed by atoms with Crippen molar-refractivity contribution in [1.82, 2.24) is 9.88 Å². The van der Waals surface area contributed by atoms with Crippen LogP contribution in [0.4, 0.5) is 9.93 Å². The van der Waals surface area contributed by atoms with Gasteiger partial charge < -0.3 is 10.0 Å². The normalized spacial score (nSPS) is 10.4. The first-order valence-electron chi connectivity index (χ1n) is 4.81. The van der Waals surface area contributed by atoms with Gasteiger partial charge >= 0.3 is 12.0 Å². The molecule has 1 rings (SSSR count). The number of carboxylic acid groups (broad SMARTS) is 1. The Bertz CT molecular complexity index is 421. The minimum absolute atomic E-state index is 0.200. The molecule has 0 aliphatic carbocycles. The molecule has 1 heterocycles. The van der Waals surface area contributed by atoms with Crippen molar-refractivity contribution in [3.8, 4) is 0 Å². The van der Waals surface area contributed by atoms with Crippen LogP contribution in [0, 0.1) is 0 Å². The minimum atomic E-state index is -1.05. The number of hydrogen-bond donors (Lipinski definition) is 2. The highest BCUT2D eigenvalue weighted by Crippen LogP contribution is 2.23. The van der Waals surface area contributed by atoms with E-state index in [1.54, 1.807) is 20.0 Å². The Morgan fingerprint density at radius 1 is 1.65 bits per heavy atom. The number of carboxylic acids is 1. The molecule has 0 aliphatic rings. The van der Waals surface area contributed by atoms with E-state index in [0.717, 1.165) is 3.79 Å². The van der Waals surface area contributed by atoms with Crippen LogP contribution in [0.25, 0.3) is 0 Å². The standard InChI is InChI=1S/C9H12BrN3O3S/c1-5(2)13(4-7(14)15)9(16)12-8-11-3-6(10)17-8/h3,5H,4H2,1-2H3,(H,14,15)(H,11,12,16). The van der Waals surface area contributed by atoms with Gasteiger partial charge in [-0.2, -0.15) is 0 Å². The van der Waals surface area contributed by atoms with E-state index in [4.69, 9.17) is 5.11 Å². The molecule has 17 heavy (non-hydrogen) atoms. The number of thiazole rings is 1. The Hall–Kier alpha value is -1.15. The summed E-state index contributed by atoms with van der Waals surface area (Å²) in [4.78, 5) is 27.6. The van der Waals surface area contributed by atoms with E-state index in [1.807, 2.05) is 0 Å². The monoisotopic (exact) mass is 321 g/mol. The number of halogens is 1. The van der Waals surface area contributed by atoms with Gasteiger partial charge in [0, 0.05) is 6.04 Å². The number of nitrogens with zero attached hydrogens (tertiary/aromatic N) is 2. The van der Waals surface area contributed by atoms with E-state index in [0.29, 0.717) is 5.13 Å². The van der Waals surface area contributed by atoms with Crippen LogP contribution in [-0.2, 0) is 4.79 Å². The third-order valence-corrected chi connectivity index (χ3v) is 3.27. The van der Waals surface area contributed by atoms with Crippen LogP contribution in [0.5, 0.6) is 0 Å². The average Bonchev–Trinajstić information content (AvgIpc) is 2.59. The zero-order valence-corrected chi connectivity index (χ0v) is 11.7. The first-order valence-corrected chi connectivity index (χ1v) is 6.42. The van der Waals surface area contributed by atoms with Gasteiger partial charge in [0.15, 0.2) is 5.13 Å². The summed E-state index contributed by atoms with van der Waals surface area (Å²) < 4.78 is 0.794. The molecule has 0 radical (unpaired) electrons. The van der Waals surface area contributed by atoms with Crippen LogP contribution in [0.15, 0.2) is 9.98 Å². The van der Waals surface area contributed by atoms with E-state index in [2.05, 4.69) is 26.2 Å². The second-order valence-corrected chi connectivity index (χ2v) is 5.92. The third-order valence-electron chi connectivity index (χ3n) is 1.88. The van der Waals surface area contributed by atoms with Gasteiger partial charge in [0.05, 0.1) is 9.98 Å². The first-order chi connectivity index (χ1) is 7.90. The minimum Gasteiger partial charge on any atom is -0.480 e. The van der Waals surface area contributed by atoms with E-state index in [9.17, 15) is 9.59 Å². The first kappa shape index (κ1) is 13.9. The molecule has 6 nitrogen and oxygen atoms in total. The van der Waals surface area contributed by atoms with E-state index >= 15 is 0 Å². The van der Waals surface area contributed by atoms with Gasteiger partial charge in [-0.05, 0) is 29.8 Å². The van der Waals surface area contributed by atoms with Crippen LogP contribution >= 0.6 is 27.3 Å². The van der Waals surface area contributed by atoms with Crippen molar-refractivity contribution in [2.45, 2.75) is 19.9 Å². The van der Waals surface area contributed by atoms with Crippen molar-refractivity contribution in [3.63, 3.8) is 0 Å². The molecule has 2 N–H and O–H groups in total. The molecule has 0 spiro atoms. The van der Waals surface area contributed by atoms with Crippen LogP contribution in [0.2, 0.25) is 0 Å². The Morgan fingerprint density at radius 2 is 2.29 bits per heavy atom. The third kappa shape index (κ3) is 4.31. The van der Waals surface area contributed by atoms with Gasteiger partial charge in [-0.15, -0.1) is 0 Å². The zero-order chi connectivity index (χ0) is 13.0. The molecule has 0 aromatic carbocycles. The maximum absolute atomic E-state index is 11.8. The molecule has 1 aromatic heterocycles. The van der Waals surface area contributed by atoms with Crippen LogP contribution in [-0.4, -0.2) is 39.6 Å². The maximum Gasteiger partial charge on any atom is 0.324 e. The largest absolute Gasteiger partial charge is 0.480 e. The van der Waals surface area contributed by atoms with E-state index < -0.39 is 12.0 Å². The summed E-state index contributed by atoms with van der Waals surface area (Å²) in [6.45, 7) is 3.16. The summed E-state index contributed by atoms with van der Waals surface area (Å²) in [7, 11) is 0. The lowest BCUT2D eigenvalue weighted by Crippen LogP contribution is -2.43. The molecular weight excluding hydrogens is 310 g/mol. The maximum atomic E-state index is 11.8. The van der Waals surface area contributed by atoms with Crippen molar-refractivity contribution in [3.05, 3.63) is 9.98 Å². The molecule has 0 saturated carbocycles. The Labute approximate surface area is 111 Å². The summed E-state index contributed by atoms with van der Waals surface area (Å²) >= 11 is 4.49. The molecule has 0 atom stereocenters. The van der Waals surface area contributed by atoms with Crippen LogP contribution in [0.3, 0.4) is 0 Å². The van der Waals surface area contributed by atoms with Gasteiger partial charge in [0.1, 0.15) is 6.54 Å². The highest BCUT2D eigenvalue weighted by molar-refractivity contribution is 9.11. The lowest BCUT2D eigenvalue weighted by Gasteiger charge is -2.24. The van der Waals surface area contributed by atoms with Crippen LogP contribution in [0.1, 0.15) is 13.8 Å². The quantitative estimate of drug-likeness (QED) is 0.890. The molecule has 0 bridgehead atoms. The number of aliphatic carboxylic acids is 1. The Morgan fingerprint density at radius 3 is 2.71 bits per heavy atom. The number of amides is 2. The molecule has 0 unspecified atom stereocenters. The topological polar surface area (TPSA) is 82.5 Å². The Kier molecular flexibility index (Phi) is 4.88. The molecule has 8 heteroatoms. The van der Waals surface area contributed by atoms with Crippen molar-refractivity contribution < 1.29 is 14.7 Å². The van der Waals surface area contributed by atoms with Crippen molar-refractivity contribution >= 4 is 44.4 Å². The summed E-state index contributed by atoms with van der Waals surface area (Å²) in [6.07, 6.45) is 1.57. The lowest BCUT2D eigenvalue weighted by molar-refractivity contribution is -0.137. The number of hydrogen-bond acceptors (Lipinski definition) is 4. The smallest absolute Gasteiger partial charge is 0.324 e. The van der Waals surface area contributed by atoms with Crippen molar-refractivity contribution in [1.29, 1.82) is 0 Å².